The van der Waals surface area contributed by atoms with E-state index < -0.39 is 0 Å². The molecule has 0 saturated carbocycles. The average molecular weight is 299 g/mol. The molecule has 1 aromatic rings. The van der Waals surface area contributed by atoms with Gasteiger partial charge < -0.3 is 4.74 Å². The summed E-state index contributed by atoms with van der Waals surface area (Å²) in [5.74, 6) is -0.201. The smallest absolute Gasteiger partial charge is 0.306 e. The van der Waals surface area contributed by atoms with Crippen LogP contribution in [0.1, 0.15) is 18.2 Å². The van der Waals surface area contributed by atoms with Gasteiger partial charge in [0.05, 0.1) is 13.0 Å². The number of esters is 1. The maximum Gasteiger partial charge on any atom is 0.306 e. The van der Waals surface area contributed by atoms with Gasteiger partial charge in [-0.1, -0.05) is 11.6 Å². The van der Waals surface area contributed by atoms with Crippen LogP contribution in [0.5, 0.6) is 0 Å². The molecule has 0 bridgehead atoms. The number of rotatable bonds is 4. The number of carbonyl (C=O) groups excluding carboxylic acids is 1. The van der Waals surface area contributed by atoms with E-state index in [1.54, 1.807) is 6.92 Å². The zero-order valence-corrected chi connectivity index (χ0v) is 10.7. The molecule has 0 radical (unpaired) electrons. The van der Waals surface area contributed by atoms with Crippen LogP contribution in [-0.2, 0) is 16.0 Å². The largest absolute Gasteiger partial charge is 0.466 e. The predicted octanol–water partition coefficient (Wildman–Crippen LogP) is 3.05. The number of hydrogen-bond acceptors (Lipinski definition) is 4. The van der Waals surface area contributed by atoms with Crippen LogP contribution < -0.4 is 0 Å². The fourth-order valence-electron chi connectivity index (χ4n) is 0.909. The van der Waals surface area contributed by atoms with Crippen molar-refractivity contribution in [3.8, 4) is 0 Å². The molecule has 0 saturated heterocycles. The minimum Gasteiger partial charge on any atom is -0.466 e. The fraction of sp³-hybridized carbons (Fsp3) is 0.500. The highest BCUT2D eigenvalue weighted by Crippen LogP contribution is 2.27. The Labute approximate surface area is 99.6 Å². The van der Waals surface area contributed by atoms with E-state index in [2.05, 4.69) is 20.9 Å². The van der Waals surface area contributed by atoms with Crippen molar-refractivity contribution in [2.45, 2.75) is 19.8 Å². The molecular formula is C8H9BrClNO2S. The van der Waals surface area contributed by atoms with Gasteiger partial charge in [-0.25, -0.2) is 4.98 Å². The van der Waals surface area contributed by atoms with E-state index in [0.717, 1.165) is 8.79 Å². The van der Waals surface area contributed by atoms with Gasteiger partial charge in [0.15, 0.2) is 3.92 Å². The Kier molecular flexibility index (Phi) is 4.84. The van der Waals surface area contributed by atoms with Gasteiger partial charge in [0.2, 0.25) is 0 Å². The van der Waals surface area contributed by atoms with Crippen LogP contribution in [0, 0.1) is 0 Å². The molecule has 0 aromatic carbocycles. The lowest BCUT2D eigenvalue weighted by molar-refractivity contribution is -0.143. The molecule has 0 unspecified atom stereocenters. The first kappa shape index (κ1) is 11.9. The third-order valence-electron chi connectivity index (χ3n) is 1.49. The number of aryl methyl sites for hydroxylation is 1. The standard InChI is InChI=1S/C8H9BrClNO2S/c1-2-13-6(12)4-3-5-7(10)11-8(9)14-5/h2-4H2,1H3. The Hall–Kier alpha value is -0.130. The van der Waals surface area contributed by atoms with Crippen molar-refractivity contribution in [2.75, 3.05) is 6.61 Å². The van der Waals surface area contributed by atoms with E-state index in [1.807, 2.05) is 0 Å². The summed E-state index contributed by atoms with van der Waals surface area (Å²) in [6.07, 6.45) is 0.934. The van der Waals surface area contributed by atoms with Crippen molar-refractivity contribution in [1.29, 1.82) is 0 Å². The van der Waals surface area contributed by atoms with Crippen molar-refractivity contribution in [1.82, 2.24) is 4.98 Å². The molecule has 0 fully saturated rings. The lowest BCUT2D eigenvalue weighted by atomic mass is 10.3. The second-order valence-electron chi connectivity index (χ2n) is 2.49. The zero-order chi connectivity index (χ0) is 10.6. The summed E-state index contributed by atoms with van der Waals surface area (Å²) in [6, 6.07) is 0. The molecule has 78 valence electrons. The number of carbonyl (C=O) groups is 1. The molecule has 14 heavy (non-hydrogen) atoms. The molecule has 3 nitrogen and oxygen atoms in total. The number of thiazole rings is 1. The number of aromatic nitrogens is 1. The molecule has 1 rings (SSSR count). The second-order valence-corrected chi connectivity index (χ2v) is 5.20. The SMILES string of the molecule is CCOC(=O)CCc1sc(Br)nc1Cl. The molecule has 0 spiro atoms. The topological polar surface area (TPSA) is 39.2 Å². The monoisotopic (exact) mass is 297 g/mol. The van der Waals surface area contributed by atoms with Gasteiger partial charge in [0.1, 0.15) is 5.15 Å². The summed E-state index contributed by atoms with van der Waals surface area (Å²) < 4.78 is 5.54. The lowest BCUT2D eigenvalue weighted by Gasteiger charge is -1.99. The molecule has 0 aliphatic heterocycles. The average Bonchev–Trinajstić information content (AvgIpc) is 2.42. The third kappa shape index (κ3) is 3.55. The van der Waals surface area contributed by atoms with E-state index in [-0.39, 0.29) is 5.97 Å². The Balaban J connectivity index is 2.45. The Morgan fingerprint density at radius 3 is 2.93 bits per heavy atom. The van der Waals surface area contributed by atoms with Gasteiger partial charge in [-0.2, -0.15) is 0 Å². The predicted molar refractivity (Wildman–Crippen MR) is 59.8 cm³/mol. The summed E-state index contributed by atoms with van der Waals surface area (Å²) >= 11 is 10.5. The summed E-state index contributed by atoms with van der Waals surface area (Å²) in [5, 5.41) is 0.464. The first-order valence-electron chi connectivity index (χ1n) is 4.09. The molecule has 1 heterocycles. The van der Waals surface area contributed by atoms with Gasteiger partial charge in [-0.05, 0) is 29.3 Å². The lowest BCUT2D eigenvalue weighted by Crippen LogP contribution is -2.04. The normalized spacial score (nSPS) is 10.2. The second kappa shape index (κ2) is 5.68. The third-order valence-corrected chi connectivity index (χ3v) is 3.48. The first-order valence-corrected chi connectivity index (χ1v) is 6.08. The van der Waals surface area contributed by atoms with Crippen molar-refractivity contribution in [2.24, 2.45) is 0 Å². The summed E-state index contributed by atoms with van der Waals surface area (Å²) in [7, 11) is 0. The molecule has 0 amide bonds. The summed E-state index contributed by atoms with van der Waals surface area (Å²) in [4.78, 5) is 15.9. The van der Waals surface area contributed by atoms with Crippen LogP contribution in [0.15, 0.2) is 3.92 Å². The van der Waals surface area contributed by atoms with E-state index in [9.17, 15) is 4.79 Å². The Morgan fingerprint density at radius 1 is 1.71 bits per heavy atom. The van der Waals surface area contributed by atoms with E-state index in [0.29, 0.717) is 24.6 Å². The number of nitrogens with zero attached hydrogens (tertiary/aromatic N) is 1. The van der Waals surface area contributed by atoms with Crippen molar-refractivity contribution >= 4 is 44.8 Å². The maximum atomic E-state index is 11.0. The van der Waals surface area contributed by atoms with Crippen molar-refractivity contribution in [3.63, 3.8) is 0 Å². The molecule has 0 N–H and O–H groups in total. The molecular weight excluding hydrogens is 290 g/mol. The van der Waals surface area contributed by atoms with Crippen LogP contribution in [-0.4, -0.2) is 17.6 Å². The minimum atomic E-state index is -0.201. The maximum absolute atomic E-state index is 11.0. The van der Waals surface area contributed by atoms with Gasteiger partial charge in [-0.3, -0.25) is 4.79 Å². The number of halogens is 2. The van der Waals surface area contributed by atoms with Gasteiger partial charge in [-0.15, -0.1) is 11.3 Å². The molecule has 0 aliphatic carbocycles. The van der Waals surface area contributed by atoms with Crippen LogP contribution in [0.2, 0.25) is 5.15 Å². The van der Waals surface area contributed by atoms with Gasteiger partial charge in [0.25, 0.3) is 0 Å². The Morgan fingerprint density at radius 2 is 2.43 bits per heavy atom. The summed E-state index contributed by atoms with van der Waals surface area (Å²) in [5.41, 5.74) is 0. The first-order chi connectivity index (χ1) is 6.63. The van der Waals surface area contributed by atoms with Crippen LogP contribution >= 0.6 is 38.9 Å². The molecule has 6 heteroatoms. The Bertz CT molecular complexity index is 329. The minimum absolute atomic E-state index is 0.201. The molecule has 0 aliphatic rings. The summed E-state index contributed by atoms with van der Waals surface area (Å²) in [6.45, 7) is 2.20. The highest BCUT2D eigenvalue weighted by molar-refractivity contribution is 9.11. The molecule has 1 aromatic heterocycles. The number of ether oxygens (including phenoxy) is 1. The van der Waals surface area contributed by atoms with Crippen molar-refractivity contribution in [3.05, 3.63) is 13.9 Å². The van der Waals surface area contributed by atoms with E-state index >= 15 is 0 Å². The van der Waals surface area contributed by atoms with Crippen LogP contribution in [0.4, 0.5) is 0 Å². The quantitative estimate of drug-likeness (QED) is 0.802. The highest BCUT2D eigenvalue weighted by atomic mass is 79.9. The van der Waals surface area contributed by atoms with Gasteiger partial charge in [0, 0.05) is 4.88 Å². The molecule has 0 atom stereocenters. The zero-order valence-electron chi connectivity index (χ0n) is 7.55. The van der Waals surface area contributed by atoms with Gasteiger partial charge >= 0.3 is 5.97 Å². The van der Waals surface area contributed by atoms with E-state index in [1.165, 1.54) is 11.3 Å². The highest BCUT2D eigenvalue weighted by Gasteiger charge is 2.10. The number of hydrogen-bond donors (Lipinski definition) is 0. The van der Waals surface area contributed by atoms with E-state index in [4.69, 9.17) is 16.3 Å². The van der Waals surface area contributed by atoms with Crippen molar-refractivity contribution < 1.29 is 9.53 Å². The van der Waals surface area contributed by atoms with Crippen LogP contribution in [0.25, 0.3) is 0 Å². The van der Waals surface area contributed by atoms with Crippen LogP contribution in [0.3, 0.4) is 0 Å². The fourth-order valence-corrected chi connectivity index (χ4v) is 2.79.